The Kier molecular flexibility index (Phi) is 5.34. The molecule has 2 aromatic carbocycles. The Morgan fingerprint density at radius 3 is 2.43 bits per heavy atom. The zero-order valence-electron chi connectivity index (χ0n) is 12.8. The summed E-state index contributed by atoms with van der Waals surface area (Å²) in [5.41, 5.74) is 3.09. The molecule has 3 heteroatoms. The highest BCUT2D eigenvalue weighted by atomic mass is 19.1. The quantitative estimate of drug-likeness (QED) is 0.866. The third kappa shape index (κ3) is 4.05. The van der Waals surface area contributed by atoms with E-state index >= 15 is 0 Å². The van der Waals surface area contributed by atoms with Crippen molar-refractivity contribution in [2.24, 2.45) is 0 Å². The lowest BCUT2D eigenvalue weighted by molar-refractivity contribution is 0.414. The van der Waals surface area contributed by atoms with Crippen LogP contribution >= 0.6 is 0 Å². The molecule has 21 heavy (non-hydrogen) atoms. The second-order valence-electron chi connectivity index (χ2n) is 5.24. The number of benzene rings is 2. The van der Waals surface area contributed by atoms with Gasteiger partial charge in [-0.05, 0) is 61.7 Å². The highest BCUT2D eigenvalue weighted by molar-refractivity contribution is 5.29. The predicted octanol–water partition coefficient (Wildman–Crippen LogP) is 4.04. The molecule has 2 nitrogen and oxygen atoms in total. The summed E-state index contributed by atoms with van der Waals surface area (Å²) in [6.07, 6.45) is 1.93. The van der Waals surface area contributed by atoms with Crippen molar-refractivity contribution in [3.05, 3.63) is 65.0 Å². The molecule has 1 unspecified atom stereocenters. The molecule has 1 atom stereocenters. The van der Waals surface area contributed by atoms with Crippen LogP contribution in [0.15, 0.2) is 42.5 Å². The van der Waals surface area contributed by atoms with Crippen molar-refractivity contribution >= 4 is 0 Å². The Balaban J connectivity index is 2.02. The van der Waals surface area contributed by atoms with Crippen LogP contribution in [-0.2, 0) is 6.42 Å². The van der Waals surface area contributed by atoms with Gasteiger partial charge < -0.3 is 10.1 Å². The van der Waals surface area contributed by atoms with Gasteiger partial charge in [0.1, 0.15) is 11.6 Å². The lowest BCUT2D eigenvalue weighted by atomic mass is 9.97. The Hall–Kier alpha value is -1.87. The molecule has 0 aliphatic heterocycles. The third-order valence-electron chi connectivity index (χ3n) is 3.81. The number of nitrogens with one attached hydrogen (secondary N) is 1. The van der Waals surface area contributed by atoms with E-state index in [-0.39, 0.29) is 11.9 Å². The summed E-state index contributed by atoms with van der Waals surface area (Å²) in [7, 11) is 3.61. The van der Waals surface area contributed by atoms with E-state index in [2.05, 4.69) is 17.4 Å². The van der Waals surface area contributed by atoms with Gasteiger partial charge in [0.25, 0.3) is 0 Å². The number of hydrogen-bond acceptors (Lipinski definition) is 2. The van der Waals surface area contributed by atoms with Crippen molar-refractivity contribution in [3.63, 3.8) is 0 Å². The van der Waals surface area contributed by atoms with E-state index in [1.807, 2.05) is 31.3 Å². The molecular weight excluding hydrogens is 265 g/mol. The van der Waals surface area contributed by atoms with E-state index in [1.165, 1.54) is 5.56 Å². The smallest absolute Gasteiger partial charge is 0.126 e. The zero-order chi connectivity index (χ0) is 15.2. The third-order valence-corrected chi connectivity index (χ3v) is 3.81. The van der Waals surface area contributed by atoms with Crippen molar-refractivity contribution in [3.8, 4) is 5.75 Å². The van der Waals surface area contributed by atoms with Crippen LogP contribution in [-0.4, -0.2) is 14.2 Å². The van der Waals surface area contributed by atoms with E-state index in [9.17, 15) is 4.39 Å². The van der Waals surface area contributed by atoms with E-state index in [4.69, 9.17) is 4.74 Å². The fourth-order valence-electron chi connectivity index (χ4n) is 2.47. The molecular formula is C18H22FNO. The van der Waals surface area contributed by atoms with Gasteiger partial charge in [0, 0.05) is 6.04 Å². The van der Waals surface area contributed by atoms with Crippen LogP contribution in [0, 0.1) is 12.7 Å². The van der Waals surface area contributed by atoms with Crippen molar-refractivity contribution in [1.29, 1.82) is 0 Å². The molecule has 0 bridgehead atoms. The lowest BCUT2D eigenvalue weighted by Crippen LogP contribution is -2.17. The van der Waals surface area contributed by atoms with Crippen molar-refractivity contribution in [2.75, 3.05) is 14.2 Å². The first-order valence-corrected chi connectivity index (χ1v) is 7.20. The van der Waals surface area contributed by atoms with Gasteiger partial charge in [-0.3, -0.25) is 0 Å². The molecule has 0 saturated heterocycles. The Morgan fingerprint density at radius 1 is 1.14 bits per heavy atom. The van der Waals surface area contributed by atoms with Gasteiger partial charge in [0.15, 0.2) is 0 Å². The molecule has 2 rings (SSSR count). The standard InChI is InChI=1S/C18H22FNO/c1-13-12-15(7-10-17(13)19)18(20-2)11-6-14-4-8-16(21-3)9-5-14/h4-5,7-10,12,18,20H,6,11H2,1-3H3. The van der Waals surface area contributed by atoms with Crippen LogP contribution in [0.3, 0.4) is 0 Å². The fourth-order valence-corrected chi connectivity index (χ4v) is 2.47. The predicted molar refractivity (Wildman–Crippen MR) is 84.3 cm³/mol. The minimum atomic E-state index is -0.149. The summed E-state index contributed by atoms with van der Waals surface area (Å²) in [4.78, 5) is 0. The minimum Gasteiger partial charge on any atom is -0.497 e. The van der Waals surface area contributed by atoms with Crippen molar-refractivity contribution in [2.45, 2.75) is 25.8 Å². The van der Waals surface area contributed by atoms with Crippen molar-refractivity contribution in [1.82, 2.24) is 5.32 Å². The van der Waals surface area contributed by atoms with E-state index in [0.717, 1.165) is 24.2 Å². The first-order valence-electron chi connectivity index (χ1n) is 7.20. The molecule has 112 valence electrons. The van der Waals surface area contributed by atoms with Gasteiger partial charge in [0.05, 0.1) is 7.11 Å². The molecule has 0 aromatic heterocycles. The topological polar surface area (TPSA) is 21.3 Å². The Bertz CT molecular complexity index is 580. The summed E-state index contributed by atoms with van der Waals surface area (Å²) in [5.74, 6) is 0.724. The SMILES string of the molecule is CNC(CCc1ccc(OC)cc1)c1ccc(F)c(C)c1. The largest absolute Gasteiger partial charge is 0.497 e. The maximum atomic E-state index is 13.4. The Labute approximate surface area is 126 Å². The summed E-state index contributed by atoms with van der Waals surface area (Å²) >= 11 is 0. The lowest BCUT2D eigenvalue weighted by Gasteiger charge is -2.17. The van der Waals surface area contributed by atoms with Gasteiger partial charge >= 0.3 is 0 Å². The minimum absolute atomic E-state index is 0.149. The summed E-state index contributed by atoms with van der Waals surface area (Å²) < 4.78 is 18.5. The van der Waals surface area contributed by atoms with Gasteiger partial charge in [-0.1, -0.05) is 24.3 Å². The maximum absolute atomic E-state index is 13.4. The molecule has 0 aliphatic rings. The molecule has 0 saturated carbocycles. The molecule has 0 spiro atoms. The second-order valence-corrected chi connectivity index (χ2v) is 5.24. The van der Waals surface area contributed by atoms with Gasteiger partial charge in [0.2, 0.25) is 0 Å². The van der Waals surface area contributed by atoms with Crippen LogP contribution in [0.1, 0.15) is 29.2 Å². The van der Waals surface area contributed by atoms with Crippen LogP contribution in [0.5, 0.6) is 5.75 Å². The first-order chi connectivity index (χ1) is 10.1. The average molecular weight is 287 g/mol. The molecule has 0 radical (unpaired) electrons. The number of aryl methyl sites for hydroxylation is 2. The van der Waals surface area contributed by atoms with E-state index in [0.29, 0.717) is 5.56 Å². The first kappa shape index (κ1) is 15.5. The molecule has 2 aromatic rings. The summed E-state index contributed by atoms with van der Waals surface area (Å²) in [5, 5.41) is 3.31. The summed E-state index contributed by atoms with van der Waals surface area (Å²) in [6.45, 7) is 1.80. The number of halogens is 1. The number of ether oxygens (including phenoxy) is 1. The average Bonchev–Trinajstić information content (AvgIpc) is 2.52. The molecule has 0 fully saturated rings. The van der Waals surface area contributed by atoms with Crippen LogP contribution < -0.4 is 10.1 Å². The number of rotatable bonds is 6. The number of methoxy groups -OCH3 is 1. The van der Waals surface area contributed by atoms with Crippen LogP contribution in [0.2, 0.25) is 0 Å². The summed E-state index contributed by atoms with van der Waals surface area (Å²) in [6, 6.07) is 13.7. The highest BCUT2D eigenvalue weighted by Gasteiger charge is 2.11. The molecule has 0 aliphatic carbocycles. The highest BCUT2D eigenvalue weighted by Crippen LogP contribution is 2.22. The zero-order valence-corrected chi connectivity index (χ0v) is 12.8. The van der Waals surface area contributed by atoms with Gasteiger partial charge in [-0.2, -0.15) is 0 Å². The van der Waals surface area contributed by atoms with E-state index in [1.54, 1.807) is 20.1 Å². The number of hydrogen-bond donors (Lipinski definition) is 1. The van der Waals surface area contributed by atoms with Crippen LogP contribution in [0.25, 0.3) is 0 Å². The maximum Gasteiger partial charge on any atom is 0.126 e. The monoisotopic (exact) mass is 287 g/mol. The normalized spacial score (nSPS) is 12.2. The molecule has 0 heterocycles. The van der Waals surface area contributed by atoms with E-state index < -0.39 is 0 Å². The van der Waals surface area contributed by atoms with Crippen molar-refractivity contribution < 1.29 is 9.13 Å². The van der Waals surface area contributed by atoms with Crippen LogP contribution in [0.4, 0.5) is 4.39 Å². The second kappa shape index (κ2) is 7.23. The molecule has 0 amide bonds. The fraction of sp³-hybridized carbons (Fsp3) is 0.333. The van der Waals surface area contributed by atoms with Gasteiger partial charge in [-0.15, -0.1) is 0 Å². The Morgan fingerprint density at radius 2 is 1.86 bits per heavy atom. The molecule has 1 N–H and O–H groups in total. The van der Waals surface area contributed by atoms with Gasteiger partial charge in [-0.25, -0.2) is 4.39 Å².